The number of aliphatic hydroxyl groups is 2. The van der Waals surface area contributed by atoms with E-state index in [0.29, 0.717) is 23.5 Å². The number of imidazole rings is 1. The molecule has 0 unspecified atom stereocenters. The maximum absolute atomic E-state index is 12.1. The molecule has 1 aliphatic rings. The maximum atomic E-state index is 12.1. The van der Waals surface area contributed by atoms with Gasteiger partial charge in [0.25, 0.3) is 0 Å². The zero-order valence-electron chi connectivity index (χ0n) is 17.8. The smallest absolute Gasteiger partial charge is 0.303 e. The van der Waals surface area contributed by atoms with Crippen LogP contribution in [0.5, 0.6) is 0 Å². The molecule has 5 N–H and O–H groups in total. The van der Waals surface area contributed by atoms with Crippen LogP contribution < -0.4 is 10.6 Å². The molecule has 11 nitrogen and oxygen atoms in total. The lowest BCUT2D eigenvalue weighted by molar-refractivity contribution is -0.137. The highest BCUT2D eigenvalue weighted by Crippen LogP contribution is 2.34. The zero-order valence-corrected chi connectivity index (χ0v) is 17.8. The second kappa shape index (κ2) is 9.92. The van der Waals surface area contributed by atoms with Crippen LogP contribution in [0.15, 0.2) is 43.0 Å². The number of hydrogen-bond donors (Lipinski definition) is 5. The molecule has 2 heterocycles. The van der Waals surface area contributed by atoms with Gasteiger partial charge in [0.2, 0.25) is 5.91 Å². The van der Waals surface area contributed by atoms with Crippen LogP contribution >= 0.6 is 0 Å². The van der Waals surface area contributed by atoms with Gasteiger partial charge in [0.15, 0.2) is 11.5 Å². The number of amides is 1. The van der Waals surface area contributed by atoms with Crippen molar-refractivity contribution in [2.24, 2.45) is 0 Å². The Balaban J connectivity index is 1.46. The van der Waals surface area contributed by atoms with E-state index in [9.17, 15) is 19.8 Å². The minimum absolute atomic E-state index is 0.0357. The highest BCUT2D eigenvalue weighted by molar-refractivity contribution is 5.82. The first kappa shape index (κ1) is 22.6. The van der Waals surface area contributed by atoms with Crippen molar-refractivity contribution in [3.05, 3.63) is 48.5 Å². The number of carboxylic acid groups (broad SMARTS) is 1. The van der Waals surface area contributed by atoms with Gasteiger partial charge in [0, 0.05) is 19.4 Å². The Bertz CT molecular complexity index is 1120. The summed E-state index contributed by atoms with van der Waals surface area (Å²) < 4.78 is 1.69. The average molecular weight is 454 g/mol. The first-order valence-corrected chi connectivity index (χ1v) is 10.8. The van der Waals surface area contributed by atoms with Crippen LogP contribution in [0.4, 0.5) is 5.82 Å². The number of anilines is 1. The molecule has 0 radical (unpaired) electrons. The van der Waals surface area contributed by atoms with Crippen LogP contribution in [0.2, 0.25) is 0 Å². The lowest BCUT2D eigenvalue weighted by Gasteiger charge is -2.18. The molecule has 4 rings (SSSR count). The summed E-state index contributed by atoms with van der Waals surface area (Å²) in [5.41, 5.74) is 2.13. The second-order valence-electron chi connectivity index (χ2n) is 8.09. The van der Waals surface area contributed by atoms with E-state index in [1.807, 2.05) is 30.3 Å². The number of aliphatic carboxylic acids is 1. The molecule has 0 spiro atoms. The Morgan fingerprint density at radius 1 is 1.06 bits per heavy atom. The summed E-state index contributed by atoms with van der Waals surface area (Å²) in [6.45, 7) is 0.556. The minimum atomic E-state index is -1.17. The number of aromatic nitrogens is 4. The van der Waals surface area contributed by atoms with Crippen molar-refractivity contribution < 1.29 is 24.9 Å². The SMILES string of the molecule is O=C(O)CCCC(=O)N[C@@H]1C[C@H](n2cnc3c(NCc4ccccc4)ncnc32)[C@H](O)[C@@H]1O. The summed E-state index contributed by atoms with van der Waals surface area (Å²) in [5.74, 6) is -0.775. The molecule has 0 saturated heterocycles. The number of carbonyl (C=O) groups excluding carboxylic acids is 1. The van der Waals surface area contributed by atoms with Crippen LogP contribution in [-0.4, -0.2) is 65.0 Å². The third-order valence-corrected chi connectivity index (χ3v) is 5.81. The summed E-state index contributed by atoms with van der Waals surface area (Å²) in [4.78, 5) is 35.8. The molecular formula is C22H26N6O5. The molecule has 2 aromatic heterocycles. The predicted molar refractivity (Wildman–Crippen MR) is 118 cm³/mol. The van der Waals surface area contributed by atoms with Gasteiger partial charge >= 0.3 is 5.97 Å². The summed E-state index contributed by atoms with van der Waals surface area (Å²) >= 11 is 0. The lowest BCUT2D eigenvalue weighted by atomic mass is 10.1. The number of aliphatic hydroxyl groups excluding tert-OH is 2. The highest BCUT2D eigenvalue weighted by Gasteiger charge is 2.43. The van der Waals surface area contributed by atoms with Gasteiger partial charge in [-0.15, -0.1) is 0 Å². The van der Waals surface area contributed by atoms with Gasteiger partial charge in [-0.25, -0.2) is 15.0 Å². The number of fused-ring (bicyclic) bond motifs is 1. The van der Waals surface area contributed by atoms with Gasteiger partial charge in [-0.05, 0) is 18.4 Å². The molecule has 3 aromatic rings. The number of nitrogens with one attached hydrogen (secondary N) is 2. The minimum Gasteiger partial charge on any atom is -0.481 e. The van der Waals surface area contributed by atoms with Gasteiger partial charge < -0.3 is 30.5 Å². The molecule has 11 heteroatoms. The summed E-state index contributed by atoms with van der Waals surface area (Å²) in [7, 11) is 0. The standard InChI is InChI=1S/C22H26N6O5/c29-16(7-4-8-17(30)31)27-14-9-15(20(33)19(14)32)28-12-26-18-21(24-11-25-22(18)28)23-10-13-5-2-1-3-6-13/h1-3,5-6,11-12,14-15,19-20,32-33H,4,7-10H2,(H,27,29)(H,30,31)(H,23,24,25)/t14-,15+,19-,20+/m1/s1. The zero-order chi connectivity index (χ0) is 23.4. The van der Waals surface area contributed by atoms with Crippen LogP contribution in [0.1, 0.15) is 37.3 Å². The predicted octanol–water partition coefficient (Wildman–Crippen LogP) is 0.845. The van der Waals surface area contributed by atoms with E-state index in [1.165, 1.54) is 6.33 Å². The Labute approximate surface area is 189 Å². The molecule has 1 saturated carbocycles. The first-order chi connectivity index (χ1) is 15.9. The Morgan fingerprint density at radius 2 is 1.85 bits per heavy atom. The average Bonchev–Trinajstić information content (AvgIpc) is 3.35. The van der Waals surface area contributed by atoms with Gasteiger partial charge in [-0.1, -0.05) is 30.3 Å². The van der Waals surface area contributed by atoms with Crippen molar-refractivity contribution in [2.75, 3.05) is 5.32 Å². The van der Waals surface area contributed by atoms with Gasteiger partial charge in [-0.3, -0.25) is 9.59 Å². The van der Waals surface area contributed by atoms with Crippen LogP contribution in [0.3, 0.4) is 0 Å². The summed E-state index contributed by atoms with van der Waals surface area (Å²) in [5, 5.41) is 35.8. The van der Waals surface area contributed by atoms with Crippen molar-refractivity contribution >= 4 is 28.9 Å². The van der Waals surface area contributed by atoms with Crippen molar-refractivity contribution in [1.82, 2.24) is 24.8 Å². The fourth-order valence-electron chi connectivity index (χ4n) is 4.11. The van der Waals surface area contributed by atoms with Crippen molar-refractivity contribution in [2.45, 2.75) is 56.5 Å². The largest absolute Gasteiger partial charge is 0.481 e. The topological polar surface area (TPSA) is 162 Å². The Hall–Kier alpha value is -3.57. The van der Waals surface area contributed by atoms with Crippen molar-refractivity contribution in [1.29, 1.82) is 0 Å². The molecule has 1 aliphatic carbocycles. The van der Waals surface area contributed by atoms with E-state index >= 15 is 0 Å². The molecule has 0 aliphatic heterocycles. The Morgan fingerprint density at radius 3 is 2.61 bits per heavy atom. The second-order valence-corrected chi connectivity index (χ2v) is 8.09. The normalized spacial score (nSPS) is 22.4. The number of carboxylic acids is 1. The van der Waals surface area contributed by atoms with Crippen LogP contribution in [0, 0.1) is 0 Å². The number of nitrogens with zero attached hydrogens (tertiary/aromatic N) is 4. The molecule has 1 aromatic carbocycles. The number of hydrogen-bond acceptors (Lipinski definition) is 8. The van der Waals surface area contributed by atoms with E-state index in [4.69, 9.17) is 5.11 Å². The number of rotatable bonds is 9. The van der Waals surface area contributed by atoms with E-state index in [1.54, 1.807) is 10.9 Å². The van der Waals surface area contributed by atoms with Crippen molar-refractivity contribution in [3.8, 4) is 0 Å². The summed E-state index contributed by atoms with van der Waals surface area (Å²) in [6, 6.07) is 8.63. The molecule has 33 heavy (non-hydrogen) atoms. The van der Waals surface area contributed by atoms with Gasteiger partial charge in [0.1, 0.15) is 24.1 Å². The van der Waals surface area contributed by atoms with Crippen LogP contribution in [0.25, 0.3) is 11.2 Å². The fraction of sp³-hybridized carbons (Fsp3) is 0.409. The van der Waals surface area contributed by atoms with Gasteiger partial charge in [0.05, 0.1) is 18.4 Å². The number of benzene rings is 1. The molecule has 0 bridgehead atoms. The maximum Gasteiger partial charge on any atom is 0.303 e. The van der Waals surface area contributed by atoms with Gasteiger partial charge in [-0.2, -0.15) is 0 Å². The highest BCUT2D eigenvalue weighted by atomic mass is 16.4. The molecular weight excluding hydrogens is 428 g/mol. The molecule has 4 atom stereocenters. The van der Waals surface area contributed by atoms with E-state index in [2.05, 4.69) is 25.6 Å². The summed E-state index contributed by atoms with van der Waals surface area (Å²) in [6.07, 6.45) is 1.06. The lowest BCUT2D eigenvalue weighted by Crippen LogP contribution is -2.43. The van der Waals surface area contributed by atoms with Crippen LogP contribution in [-0.2, 0) is 16.1 Å². The monoisotopic (exact) mass is 454 g/mol. The Kier molecular flexibility index (Phi) is 6.80. The third-order valence-electron chi connectivity index (χ3n) is 5.81. The van der Waals surface area contributed by atoms with Crippen molar-refractivity contribution in [3.63, 3.8) is 0 Å². The fourth-order valence-corrected chi connectivity index (χ4v) is 4.11. The van der Waals surface area contributed by atoms with E-state index in [-0.39, 0.29) is 31.6 Å². The van der Waals surface area contributed by atoms with E-state index < -0.39 is 30.3 Å². The quantitative estimate of drug-likeness (QED) is 0.315. The molecule has 174 valence electrons. The third kappa shape index (κ3) is 5.10. The van der Waals surface area contributed by atoms with E-state index in [0.717, 1.165) is 5.56 Å². The first-order valence-electron chi connectivity index (χ1n) is 10.8. The number of carbonyl (C=O) groups is 2. The molecule has 1 fully saturated rings. The molecule has 1 amide bonds.